The molecule has 0 saturated heterocycles. The van der Waals surface area contributed by atoms with E-state index >= 15 is 4.39 Å². The van der Waals surface area contributed by atoms with Crippen molar-refractivity contribution in [3.8, 4) is 28.3 Å². The van der Waals surface area contributed by atoms with Gasteiger partial charge in [0.15, 0.2) is 17.3 Å². The Morgan fingerprint density at radius 1 is 1.00 bits per heavy atom. The normalized spacial score (nSPS) is 11.1. The molecule has 11 nitrogen and oxygen atoms in total. The molecule has 0 aliphatic rings. The lowest BCUT2D eigenvalue weighted by Gasteiger charge is -2.13. The number of amides is 1. The molecule has 6 aromatic rings. The number of carbonyl (C=O) groups excluding carboxylic acids is 1. The molecule has 210 valence electrons. The number of halogens is 2. The molecule has 0 spiro atoms. The van der Waals surface area contributed by atoms with Gasteiger partial charge in [-0.05, 0) is 55.5 Å². The van der Waals surface area contributed by atoms with Gasteiger partial charge in [-0.25, -0.2) is 22.7 Å². The van der Waals surface area contributed by atoms with E-state index in [0.717, 1.165) is 40.1 Å². The fourth-order valence-electron chi connectivity index (χ4n) is 4.43. The van der Waals surface area contributed by atoms with Crippen molar-refractivity contribution in [3.63, 3.8) is 0 Å². The van der Waals surface area contributed by atoms with Crippen molar-refractivity contribution in [1.29, 1.82) is 0 Å². The van der Waals surface area contributed by atoms with Gasteiger partial charge in [0.2, 0.25) is 0 Å². The van der Waals surface area contributed by atoms with Crippen LogP contribution in [0, 0.1) is 11.6 Å². The number of aromatic nitrogens is 6. The minimum Gasteiger partial charge on any atom is -0.452 e. The molecule has 42 heavy (non-hydrogen) atoms. The predicted octanol–water partition coefficient (Wildman–Crippen LogP) is 4.38. The molecule has 4 aromatic heterocycles. The number of ether oxygens (including phenoxy) is 1. The van der Waals surface area contributed by atoms with Gasteiger partial charge in [-0.1, -0.05) is 0 Å². The van der Waals surface area contributed by atoms with Crippen LogP contribution in [-0.2, 0) is 6.54 Å². The van der Waals surface area contributed by atoms with E-state index in [1.807, 2.05) is 0 Å². The van der Waals surface area contributed by atoms with Crippen molar-refractivity contribution in [3.05, 3.63) is 124 Å². The summed E-state index contributed by atoms with van der Waals surface area (Å²) < 4.78 is 38.1. The quantitative estimate of drug-likeness (QED) is 0.294. The highest BCUT2D eigenvalue weighted by Crippen LogP contribution is 2.33. The molecule has 1 amide bonds. The largest absolute Gasteiger partial charge is 0.452 e. The smallest absolute Gasteiger partial charge is 0.335 e. The summed E-state index contributed by atoms with van der Waals surface area (Å²) in [5.74, 6) is -1.96. The van der Waals surface area contributed by atoms with E-state index in [1.165, 1.54) is 28.8 Å². The lowest BCUT2D eigenvalue weighted by atomic mass is 10.1. The third-order valence-electron chi connectivity index (χ3n) is 6.54. The van der Waals surface area contributed by atoms with E-state index in [9.17, 15) is 18.8 Å². The molecular formula is C29H21F2N7O4. The number of nitrogens with one attached hydrogen (secondary N) is 2. The van der Waals surface area contributed by atoms with Crippen LogP contribution >= 0.6 is 0 Å². The van der Waals surface area contributed by atoms with Crippen molar-refractivity contribution in [2.24, 2.45) is 0 Å². The fraction of sp³-hybridized carbons (Fsp3) is 0.0690. The Balaban J connectivity index is 1.29. The van der Waals surface area contributed by atoms with Crippen molar-refractivity contribution < 1.29 is 18.3 Å². The summed E-state index contributed by atoms with van der Waals surface area (Å²) in [5, 5.41) is 13.4. The molecule has 4 heterocycles. The molecule has 6 rings (SSSR count). The third-order valence-corrected chi connectivity index (χ3v) is 6.54. The minimum atomic E-state index is -0.906. The van der Waals surface area contributed by atoms with Crippen LogP contribution in [0.15, 0.2) is 95.2 Å². The van der Waals surface area contributed by atoms with E-state index in [-0.39, 0.29) is 29.2 Å². The Kier molecular flexibility index (Phi) is 6.66. The van der Waals surface area contributed by atoms with Gasteiger partial charge in [0.25, 0.3) is 11.5 Å². The monoisotopic (exact) mass is 569 g/mol. The van der Waals surface area contributed by atoms with Crippen LogP contribution in [-0.4, -0.2) is 34.9 Å². The van der Waals surface area contributed by atoms with E-state index in [1.54, 1.807) is 48.4 Å². The molecule has 2 N–H and O–H groups in total. The second-order valence-corrected chi connectivity index (χ2v) is 9.17. The number of aryl methyl sites for hydroxylation is 1. The molecule has 0 aliphatic heterocycles. The number of nitrogens with zero attached hydrogens (tertiary/aromatic N) is 5. The van der Waals surface area contributed by atoms with Crippen LogP contribution in [0.2, 0.25) is 0 Å². The van der Waals surface area contributed by atoms with Crippen LogP contribution in [0.1, 0.15) is 17.3 Å². The first-order chi connectivity index (χ1) is 20.3. The van der Waals surface area contributed by atoms with Crippen molar-refractivity contribution >= 4 is 17.1 Å². The first-order valence-corrected chi connectivity index (χ1v) is 12.7. The average Bonchev–Trinajstić information content (AvgIpc) is 3.68. The van der Waals surface area contributed by atoms with Gasteiger partial charge < -0.3 is 10.1 Å². The fourth-order valence-corrected chi connectivity index (χ4v) is 4.43. The highest BCUT2D eigenvalue weighted by Gasteiger charge is 2.20. The van der Waals surface area contributed by atoms with Gasteiger partial charge in [0, 0.05) is 48.0 Å². The molecule has 0 atom stereocenters. The van der Waals surface area contributed by atoms with E-state index < -0.39 is 28.8 Å². The highest BCUT2D eigenvalue weighted by atomic mass is 19.1. The second-order valence-electron chi connectivity index (χ2n) is 9.17. The van der Waals surface area contributed by atoms with Crippen molar-refractivity contribution in [2.75, 3.05) is 5.32 Å². The maximum absolute atomic E-state index is 15.2. The molecule has 0 bridgehead atoms. The number of fused-ring (bicyclic) bond motifs is 1. The molecule has 0 aliphatic carbocycles. The van der Waals surface area contributed by atoms with Crippen molar-refractivity contribution in [1.82, 2.24) is 28.9 Å². The Bertz CT molecular complexity index is 2060. The number of hydrogen-bond acceptors (Lipinski definition) is 6. The first-order valence-electron chi connectivity index (χ1n) is 12.7. The number of benzene rings is 2. The maximum Gasteiger partial charge on any atom is 0.335 e. The molecule has 0 fully saturated rings. The van der Waals surface area contributed by atoms with Crippen molar-refractivity contribution in [2.45, 2.75) is 13.5 Å². The highest BCUT2D eigenvalue weighted by molar-refractivity contribution is 6.03. The zero-order chi connectivity index (χ0) is 29.4. The number of pyridine rings is 1. The van der Waals surface area contributed by atoms with E-state index in [4.69, 9.17) is 4.74 Å². The molecule has 0 saturated carbocycles. The zero-order valence-electron chi connectivity index (χ0n) is 21.9. The molecule has 0 unspecified atom stereocenters. The van der Waals surface area contributed by atoms with Gasteiger partial charge in [0.05, 0.1) is 18.1 Å². The Labute approximate surface area is 235 Å². The summed E-state index contributed by atoms with van der Waals surface area (Å²) in [6.07, 6.45) is 7.84. The van der Waals surface area contributed by atoms with Crippen LogP contribution in [0.25, 0.3) is 22.3 Å². The number of H-pyrrole nitrogens is 1. The average molecular weight is 570 g/mol. The van der Waals surface area contributed by atoms with Gasteiger partial charge in [0.1, 0.15) is 16.9 Å². The summed E-state index contributed by atoms with van der Waals surface area (Å²) >= 11 is 0. The summed E-state index contributed by atoms with van der Waals surface area (Å²) in [4.78, 5) is 39.2. The number of hydrogen-bond donors (Lipinski definition) is 2. The Morgan fingerprint density at radius 2 is 1.81 bits per heavy atom. The molecule has 13 heteroatoms. The van der Waals surface area contributed by atoms with Gasteiger partial charge in [-0.15, -0.1) is 0 Å². The van der Waals surface area contributed by atoms with E-state index in [2.05, 4.69) is 20.6 Å². The standard InChI is InChI=1S/C29H21F2N7O4/c1-2-36-16-22(28(40)38(29(36)41)21-6-3-19(30)4-7-21)27(39)35-20-5-8-25(23(31)12-20)42-26-11-17(18-13-32-33-14-18)15-37-24(26)9-10-34-37/h3-16H,2H2,1H3,(H,32,33)(H,35,39). The lowest BCUT2D eigenvalue weighted by Crippen LogP contribution is -2.42. The third kappa shape index (κ3) is 4.83. The van der Waals surface area contributed by atoms with Gasteiger partial charge in [-0.3, -0.25) is 19.3 Å². The van der Waals surface area contributed by atoms with Gasteiger partial charge in [-0.2, -0.15) is 10.2 Å². The lowest BCUT2D eigenvalue weighted by molar-refractivity contribution is 0.102. The summed E-state index contributed by atoms with van der Waals surface area (Å²) in [7, 11) is 0. The van der Waals surface area contributed by atoms with E-state index in [0.29, 0.717) is 11.3 Å². The number of carbonyl (C=O) groups is 1. The maximum atomic E-state index is 15.2. The van der Waals surface area contributed by atoms with Gasteiger partial charge >= 0.3 is 5.69 Å². The summed E-state index contributed by atoms with van der Waals surface area (Å²) in [6, 6.07) is 12.0. The Morgan fingerprint density at radius 3 is 2.52 bits per heavy atom. The number of anilines is 1. The summed E-state index contributed by atoms with van der Waals surface area (Å²) in [5.41, 5.74) is 0.304. The topological polar surface area (TPSA) is 128 Å². The molecule has 0 radical (unpaired) electrons. The zero-order valence-corrected chi connectivity index (χ0v) is 21.9. The number of rotatable bonds is 7. The minimum absolute atomic E-state index is 0.0495. The van der Waals surface area contributed by atoms with Crippen LogP contribution in [0.4, 0.5) is 14.5 Å². The Hall–Kier alpha value is -5.85. The van der Waals surface area contributed by atoms with Crippen LogP contribution in [0.5, 0.6) is 11.5 Å². The first kappa shape index (κ1) is 26.4. The molecule has 2 aromatic carbocycles. The number of aromatic amines is 1. The molecular weight excluding hydrogens is 548 g/mol. The predicted molar refractivity (Wildman–Crippen MR) is 149 cm³/mol. The summed E-state index contributed by atoms with van der Waals surface area (Å²) in [6.45, 7) is 1.83. The van der Waals surface area contributed by atoms with Crippen LogP contribution in [0.3, 0.4) is 0 Å². The second kappa shape index (κ2) is 10.6. The SMILES string of the molecule is CCn1cc(C(=O)Nc2ccc(Oc3cc(-c4cn[nH]c4)cn4nccc34)c(F)c2)c(=O)n(-c2ccc(F)cc2)c1=O. The van der Waals surface area contributed by atoms with Crippen LogP contribution < -0.4 is 21.3 Å².